The number of aromatic nitrogens is 2. The standard InChI is InChI=1S/C13H21N3O2S/c1-3-9(5-7-17)14-13-12-10(6-8-19(12)18)15-11(4-2)16-13/h9,17H,3-8H2,1-2H3,(H,14,15,16). The first-order chi connectivity index (χ1) is 9.19. The number of fused-ring (bicyclic) bond motifs is 1. The predicted molar refractivity (Wildman–Crippen MR) is 75.8 cm³/mol. The minimum atomic E-state index is -0.992. The van der Waals surface area contributed by atoms with Crippen molar-refractivity contribution in [3.05, 3.63) is 11.5 Å². The molecule has 0 spiro atoms. The summed E-state index contributed by atoms with van der Waals surface area (Å²) in [6, 6.07) is 0.159. The minimum absolute atomic E-state index is 0.141. The number of aliphatic hydroxyl groups excluding tert-OH is 1. The van der Waals surface area contributed by atoms with Crippen molar-refractivity contribution in [1.29, 1.82) is 0 Å². The fourth-order valence-electron chi connectivity index (χ4n) is 2.23. The van der Waals surface area contributed by atoms with Crippen LogP contribution in [-0.4, -0.2) is 37.7 Å². The molecule has 0 radical (unpaired) electrons. The molecule has 2 heterocycles. The van der Waals surface area contributed by atoms with E-state index in [2.05, 4.69) is 22.2 Å². The van der Waals surface area contributed by atoms with Crippen LogP contribution in [-0.2, 0) is 23.6 Å². The van der Waals surface area contributed by atoms with Crippen molar-refractivity contribution in [2.24, 2.45) is 0 Å². The molecule has 2 N–H and O–H groups in total. The lowest BCUT2D eigenvalue weighted by Crippen LogP contribution is -2.22. The molecular formula is C13H21N3O2S. The number of aliphatic hydroxyl groups is 1. The average Bonchev–Trinajstić information content (AvgIpc) is 2.79. The fourth-order valence-corrected chi connectivity index (χ4v) is 3.55. The zero-order valence-corrected chi connectivity index (χ0v) is 12.3. The van der Waals surface area contributed by atoms with Gasteiger partial charge in [-0.3, -0.25) is 4.21 Å². The summed E-state index contributed by atoms with van der Waals surface area (Å²) in [7, 11) is -0.992. The Morgan fingerprint density at radius 3 is 2.84 bits per heavy atom. The summed E-state index contributed by atoms with van der Waals surface area (Å²) in [5.41, 5.74) is 0.923. The maximum Gasteiger partial charge on any atom is 0.146 e. The van der Waals surface area contributed by atoms with Gasteiger partial charge in [0.15, 0.2) is 0 Å². The van der Waals surface area contributed by atoms with E-state index in [1.807, 2.05) is 6.92 Å². The third-order valence-electron chi connectivity index (χ3n) is 3.36. The molecule has 1 aromatic rings. The molecule has 5 nitrogen and oxygen atoms in total. The van der Waals surface area contributed by atoms with Gasteiger partial charge in [0, 0.05) is 31.2 Å². The average molecular weight is 283 g/mol. The summed E-state index contributed by atoms with van der Waals surface area (Å²) in [6.45, 7) is 4.22. The molecule has 1 aliphatic rings. The highest BCUT2D eigenvalue weighted by atomic mass is 32.2. The van der Waals surface area contributed by atoms with Crippen LogP contribution >= 0.6 is 0 Å². The second-order valence-electron chi connectivity index (χ2n) is 4.68. The molecule has 2 unspecified atom stereocenters. The molecule has 0 aliphatic carbocycles. The topological polar surface area (TPSA) is 75.1 Å². The van der Waals surface area contributed by atoms with Crippen LogP contribution in [0.4, 0.5) is 5.82 Å². The SMILES string of the molecule is CCc1nc2c(c(NC(CC)CCO)n1)S(=O)CC2. The second-order valence-corrected chi connectivity index (χ2v) is 6.19. The summed E-state index contributed by atoms with van der Waals surface area (Å²) < 4.78 is 12.1. The summed E-state index contributed by atoms with van der Waals surface area (Å²) >= 11 is 0. The number of hydrogen-bond acceptors (Lipinski definition) is 5. The molecule has 19 heavy (non-hydrogen) atoms. The normalized spacial score (nSPS) is 19.2. The fraction of sp³-hybridized carbons (Fsp3) is 0.692. The summed E-state index contributed by atoms with van der Waals surface area (Å²) in [6.07, 6.45) is 3.10. The van der Waals surface area contributed by atoms with Gasteiger partial charge in [0.1, 0.15) is 16.5 Å². The van der Waals surface area contributed by atoms with E-state index < -0.39 is 10.8 Å². The van der Waals surface area contributed by atoms with Crippen LogP contribution in [0, 0.1) is 0 Å². The molecule has 0 amide bonds. The molecule has 106 valence electrons. The Kier molecular flexibility index (Phi) is 4.87. The largest absolute Gasteiger partial charge is 0.396 e. The van der Waals surface area contributed by atoms with Crippen LogP contribution in [0.3, 0.4) is 0 Å². The van der Waals surface area contributed by atoms with Crippen LogP contribution in [0.1, 0.15) is 38.2 Å². The number of nitrogens with one attached hydrogen (secondary N) is 1. The van der Waals surface area contributed by atoms with Crippen molar-refractivity contribution in [2.45, 2.75) is 50.5 Å². The summed E-state index contributed by atoms with van der Waals surface area (Å²) in [5.74, 6) is 2.14. The van der Waals surface area contributed by atoms with E-state index in [0.717, 1.165) is 35.7 Å². The Labute approximate surface area is 116 Å². The van der Waals surface area contributed by atoms with Crippen molar-refractivity contribution in [2.75, 3.05) is 17.7 Å². The number of aryl methyl sites for hydroxylation is 2. The van der Waals surface area contributed by atoms with E-state index >= 15 is 0 Å². The van der Waals surface area contributed by atoms with Crippen molar-refractivity contribution < 1.29 is 9.32 Å². The number of hydrogen-bond donors (Lipinski definition) is 2. The molecule has 0 saturated carbocycles. The molecule has 2 atom stereocenters. The highest BCUT2D eigenvalue weighted by Gasteiger charge is 2.26. The van der Waals surface area contributed by atoms with Gasteiger partial charge in [-0.15, -0.1) is 0 Å². The molecule has 6 heteroatoms. The van der Waals surface area contributed by atoms with Gasteiger partial charge in [-0.1, -0.05) is 13.8 Å². The molecule has 0 aromatic carbocycles. The number of anilines is 1. The maximum atomic E-state index is 12.1. The molecule has 1 aliphatic heterocycles. The molecule has 2 rings (SSSR count). The van der Waals surface area contributed by atoms with E-state index in [4.69, 9.17) is 5.11 Å². The highest BCUT2D eigenvalue weighted by Crippen LogP contribution is 2.28. The Bertz CT molecular complexity index is 479. The number of nitrogens with zero attached hydrogens (tertiary/aromatic N) is 2. The molecule has 1 aromatic heterocycles. The minimum Gasteiger partial charge on any atom is -0.396 e. The van der Waals surface area contributed by atoms with Crippen LogP contribution < -0.4 is 5.32 Å². The lowest BCUT2D eigenvalue weighted by Gasteiger charge is -2.18. The van der Waals surface area contributed by atoms with Crippen molar-refractivity contribution in [3.63, 3.8) is 0 Å². The summed E-state index contributed by atoms with van der Waals surface area (Å²) in [4.78, 5) is 9.73. The van der Waals surface area contributed by atoms with E-state index in [1.165, 1.54) is 0 Å². The van der Waals surface area contributed by atoms with Crippen LogP contribution in [0.15, 0.2) is 4.90 Å². The maximum absolute atomic E-state index is 12.1. The third-order valence-corrected chi connectivity index (χ3v) is 4.82. The van der Waals surface area contributed by atoms with Crippen LogP contribution in [0.25, 0.3) is 0 Å². The van der Waals surface area contributed by atoms with E-state index in [0.29, 0.717) is 18.0 Å². The van der Waals surface area contributed by atoms with Gasteiger partial charge in [-0.05, 0) is 12.8 Å². The Morgan fingerprint density at radius 1 is 1.42 bits per heavy atom. The quantitative estimate of drug-likeness (QED) is 0.822. The van der Waals surface area contributed by atoms with Gasteiger partial charge in [0.05, 0.1) is 16.5 Å². The van der Waals surface area contributed by atoms with Gasteiger partial charge >= 0.3 is 0 Å². The van der Waals surface area contributed by atoms with Crippen LogP contribution in [0.5, 0.6) is 0 Å². The number of rotatable bonds is 6. The van der Waals surface area contributed by atoms with Gasteiger partial charge in [0.25, 0.3) is 0 Å². The lowest BCUT2D eigenvalue weighted by atomic mass is 10.1. The van der Waals surface area contributed by atoms with Gasteiger partial charge < -0.3 is 10.4 Å². The van der Waals surface area contributed by atoms with E-state index in [9.17, 15) is 4.21 Å². The van der Waals surface area contributed by atoms with E-state index in [-0.39, 0.29) is 12.6 Å². The molecule has 0 saturated heterocycles. The second kappa shape index (κ2) is 6.43. The highest BCUT2D eigenvalue weighted by molar-refractivity contribution is 7.85. The first-order valence-electron chi connectivity index (χ1n) is 6.85. The molecular weight excluding hydrogens is 262 g/mol. The Balaban J connectivity index is 2.33. The smallest absolute Gasteiger partial charge is 0.146 e. The monoisotopic (exact) mass is 283 g/mol. The van der Waals surface area contributed by atoms with E-state index in [1.54, 1.807) is 0 Å². The first kappa shape index (κ1) is 14.4. The predicted octanol–water partition coefficient (Wildman–Crippen LogP) is 1.28. The Hall–Kier alpha value is -1.01. The zero-order chi connectivity index (χ0) is 13.8. The molecule has 0 bridgehead atoms. The zero-order valence-electron chi connectivity index (χ0n) is 11.5. The first-order valence-corrected chi connectivity index (χ1v) is 8.17. The van der Waals surface area contributed by atoms with Gasteiger partial charge in [-0.25, -0.2) is 9.97 Å². The third kappa shape index (κ3) is 3.12. The van der Waals surface area contributed by atoms with Crippen molar-refractivity contribution >= 4 is 16.6 Å². The van der Waals surface area contributed by atoms with Gasteiger partial charge in [0.2, 0.25) is 0 Å². The Morgan fingerprint density at radius 2 is 2.21 bits per heavy atom. The van der Waals surface area contributed by atoms with Crippen LogP contribution in [0.2, 0.25) is 0 Å². The summed E-state index contributed by atoms with van der Waals surface area (Å²) in [5, 5.41) is 12.4. The van der Waals surface area contributed by atoms with Gasteiger partial charge in [-0.2, -0.15) is 0 Å². The lowest BCUT2D eigenvalue weighted by molar-refractivity contribution is 0.278. The van der Waals surface area contributed by atoms with Crippen molar-refractivity contribution in [3.8, 4) is 0 Å². The van der Waals surface area contributed by atoms with Crippen molar-refractivity contribution in [1.82, 2.24) is 9.97 Å². The molecule has 0 fully saturated rings.